The first-order chi connectivity index (χ1) is 9.92. The van der Waals surface area contributed by atoms with E-state index in [0.29, 0.717) is 26.3 Å². The lowest BCUT2D eigenvalue weighted by molar-refractivity contribution is -0.138. The van der Waals surface area contributed by atoms with Crippen molar-refractivity contribution in [1.82, 2.24) is 9.62 Å². The number of hydrogen-bond donors (Lipinski definition) is 1. The van der Waals surface area contributed by atoms with Crippen LogP contribution in [0.1, 0.15) is 13.8 Å². The van der Waals surface area contributed by atoms with Crippen LogP contribution < -0.4 is 4.72 Å². The summed E-state index contributed by atoms with van der Waals surface area (Å²) in [5.41, 5.74) is 0. The van der Waals surface area contributed by atoms with E-state index < -0.39 is 16.1 Å². The summed E-state index contributed by atoms with van der Waals surface area (Å²) >= 11 is 1.14. The maximum absolute atomic E-state index is 12.5. The quantitative estimate of drug-likeness (QED) is 0.869. The van der Waals surface area contributed by atoms with E-state index in [9.17, 15) is 13.2 Å². The maximum atomic E-state index is 12.5. The molecule has 0 bridgehead atoms. The molecule has 0 spiro atoms. The summed E-state index contributed by atoms with van der Waals surface area (Å²) in [6.45, 7) is 5.66. The van der Waals surface area contributed by atoms with Gasteiger partial charge in [0.2, 0.25) is 5.91 Å². The Morgan fingerprint density at radius 3 is 2.57 bits per heavy atom. The number of nitrogens with one attached hydrogen (secondary N) is 1. The van der Waals surface area contributed by atoms with Gasteiger partial charge in [0, 0.05) is 13.1 Å². The Morgan fingerprint density at radius 2 is 2.05 bits per heavy atom. The smallest absolute Gasteiger partial charge is 0.250 e. The average Bonchev–Trinajstić information content (AvgIpc) is 3.00. The van der Waals surface area contributed by atoms with Crippen molar-refractivity contribution in [2.45, 2.75) is 24.1 Å². The Morgan fingerprint density at radius 1 is 1.38 bits per heavy atom. The fourth-order valence-corrected chi connectivity index (χ4v) is 4.44. The van der Waals surface area contributed by atoms with Gasteiger partial charge >= 0.3 is 0 Å². The molecule has 0 aliphatic carbocycles. The van der Waals surface area contributed by atoms with Gasteiger partial charge in [-0.3, -0.25) is 4.79 Å². The number of sulfonamides is 1. The van der Waals surface area contributed by atoms with Gasteiger partial charge in [-0.25, -0.2) is 8.42 Å². The van der Waals surface area contributed by atoms with Crippen LogP contribution in [-0.2, 0) is 19.6 Å². The Balaban J connectivity index is 2.14. The highest BCUT2D eigenvalue weighted by Gasteiger charge is 2.32. The van der Waals surface area contributed by atoms with Crippen LogP contribution in [0.2, 0.25) is 0 Å². The summed E-state index contributed by atoms with van der Waals surface area (Å²) < 4.78 is 32.6. The number of nitrogens with zero attached hydrogens (tertiary/aromatic N) is 1. The highest BCUT2D eigenvalue weighted by Crippen LogP contribution is 2.18. The predicted molar refractivity (Wildman–Crippen MR) is 80.7 cm³/mol. The average molecular weight is 332 g/mol. The maximum Gasteiger partial charge on any atom is 0.250 e. The lowest BCUT2D eigenvalue weighted by atomic mass is 10.0. The first-order valence-electron chi connectivity index (χ1n) is 6.84. The second kappa shape index (κ2) is 6.87. The van der Waals surface area contributed by atoms with Gasteiger partial charge in [-0.1, -0.05) is 19.9 Å². The van der Waals surface area contributed by atoms with E-state index in [-0.39, 0.29) is 16.0 Å². The zero-order valence-electron chi connectivity index (χ0n) is 12.1. The molecular formula is C13H20N2O4S2. The van der Waals surface area contributed by atoms with E-state index in [4.69, 9.17) is 4.74 Å². The van der Waals surface area contributed by atoms with Gasteiger partial charge in [0.15, 0.2) is 0 Å². The van der Waals surface area contributed by atoms with Crippen molar-refractivity contribution >= 4 is 27.3 Å². The zero-order valence-corrected chi connectivity index (χ0v) is 13.7. The number of rotatable bonds is 5. The number of carbonyl (C=O) groups excluding carboxylic acids is 1. The number of hydrogen-bond acceptors (Lipinski definition) is 5. The van der Waals surface area contributed by atoms with Crippen LogP contribution in [0, 0.1) is 5.92 Å². The van der Waals surface area contributed by atoms with E-state index >= 15 is 0 Å². The third kappa shape index (κ3) is 4.03. The van der Waals surface area contributed by atoms with Gasteiger partial charge in [-0.2, -0.15) is 4.72 Å². The molecule has 1 aliphatic rings. The Kier molecular flexibility index (Phi) is 5.37. The highest BCUT2D eigenvalue weighted by molar-refractivity contribution is 7.91. The molecule has 21 heavy (non-hydrogen) atoms. The minimum atomic E-state index is -3.66. The number of thiophene rings is 1. The van der Waals surface area contributed by atoms with Crippen LogP contribution in [0.5, 0.6) is 0 Å². The molecule has 1 saturated heterocycles. The van der Waals surface area contributed by atoms with Crippen molar-refractivity contribution in [1.29, 1.82) is 0 Å². The summed E-state index contributed by atoms with van der Waals surface area (Å²) in [5.74, 6) is -0.316. The molecule has 1 aromatic heterocycles. The molecule has 2 heterocycles. The second-order valence-electron chi connectivity index (χ2n) is 5.21. The van der Waals surface area contributed by atoms with Crippen molar-refractivity contribution in [2.24, 2.45) is 5.92 Å². The molecule has 2 rings (SSSR count). The fraction of sp³-hybridized carbons (Fsp3) is 0.615. The standard InChI is InChI=1S/C13H20N2O4S2/c1-10(2)12(13(16)15-5-7-19-8-6-15)14-21(17,18)11-4-3-9-20-11/h3-4,9-10,12,14H,5-8H2,1-2H3/t12-/m0/s1. The van der Waals surface area contributed by atoms with Crippen molar-refractivity contribution < 1.29 is 17.9 Å². The lowest BCUT2D eigenvalue weighted by Gasteiger charge is -2.32. The molecule has 1 amide bonds. The zero-order chi connectivity index (χ0) is 15.5. The van der Waals surface area contributed by atoms with Crippen molar-refractivity contribution in [3.8, 4) is 0 Å². The summed E-state index contributed by atoms with van der Waals surface area (Å²) in [7, 11) is -3.66. The molecule has 0 aromatic carbocycles. The molecule has 1 atom stereocenters. The molecule has 1 aromatic rings. The van der Waals surface area contributed by atoms with Crippen LogP contribution in [-0.4, -0.2) is 51.6 Å². The summed E-state index contributed by atoms with van der Waals surface area (Å²) in [6.07, 6.45) is 0. The van der Waals surface area contributed by atoms with Crippen LogP contribution >= 0.6 is 11.3 Å². The molecule has 0 saturated carbocycles. The molecule has 118 valence electrons. The third-order valence-corrected chi connectivity index (χ3v) is 6.14. The normalized spacial score (nSPS) is 18.0. The Labute approximate surface area is 129 Å². The predicted octanol–water partition coefficient (Wildman–Crippen LogP) is 0.910. The first kappa shape index (κ1) is 16.4. The number of amides is 1. The third-order valence-electron chi connectivity index (χ3n) is 3.30. The van der Waals surface area contributed by atoms with E-state index in [0.717, 1.165) is 11.3 Å². The van der Waals surface area contributed by atoms with Gasteiger partial charge in [0.25, 0.3) is 10.0 Å². The van der Waals surface area contributed by atoms with Crippen LogP contribution in [0.4, 0.5) is 0 Å². The van der Waals surface area contributed by atoms with Gasteiger partial charge < -0.3 is 9.64 Å². The number of morpholine rings is 1. The van der Waals surface area contributed by atoms with Gasteiger partial charge in [0.05, 0.1) is 13.2 Å². The number of carbonyl (C=O) groups is 1. The molecule has 0 radical (unpaired) electrons. The summed E-state index contributed by atoms with van der Waals surface area (Å²) in [5, 5.41) is 1.70. The van der Waals surface area contributed by atoms with Crippen molar-refractivity contribution in [3.63, 3.8) is 0 Å². The van der Waals surface area contributed by atoms with Crippen molar-refractivity contribution in [2.75, 3.05) is 26.3 Å². The Hall–Kier alpha value is -0.960. The highest BCUT2D eigenvalue weighted by atomic mass is 32.2. The molecule has 8 heteroatoms. The lowest BCUT2D eigenvalue weighted by Crippen LogP contribution is -2.53. The van der Waals surface area contributed by atoms with E-state index in [1.165, 1.54) is 6.07 Å². The molecule has 6 nitrogen and oxygen atoms in total. The van der Waals surface area contributed by atoms with Gasteiger partial charge in [0.1, 0.15) is 10.3 Å². The topological polar surface area (TPSA) is 75.7 Å². The first-order valence-corrected chi connectivity index (χ1v) is 9.20. The van der Waals surface area contributed by atoms with E-state index in [1.54, 1.807) is 16.3 Å². The van der Waals surface area contributed by atoms with E-state index in [1.807, 2.05) is 13.8 Å². The van der Waals surface area contributed by atoms with Crippen LogP contribution in [0.25, 0.3) is 0 Å². The van der Waals surface area contributed by atoms with Gasteiger partial charge in [-0.15, -0.1) is 11.3 Å². The van der Waals surface area contributed by atoms with Crippen LogP contribution in [0.3, 0.4) is 0 Å². The summed E-state index contributed by atoms with van der Waals surface area (Å²) in [4.78, 5) is 14.2. The second-order valence-corrected chi connectivity index (χ2v) is 8.10. The fourth-order valence-electron chi connectivity index (χ4n) is 2.09. The molecule has 1 fully saturated rings. The summed E-state index contributed by atoms with van der Waals surface area (Å²) in [6, 6.07) is 2.45. The molecule has 1 aliphatic heterocycles. The SMILES string of the molecule is CC(C)[C@H](NS(=O)(=O)c1cccs1)C(=O)N1CCOCC1. The van der Waals surface area contributed by atoms with Crippen molar-refractivity contribution in [3.05, 3.63) is 17.5 Å². The number of ether oxygens (including phenoxy) is 1. The Bertz CT molecular complexity index is 563. The minimum Gasteiger partial charge on any atom is -0.378 e. The van der Waals surface area contributed by atoms with Gasteiger partial charge in [-0.05, 0) is 17.4 Å². The monoisotopic (exact) mass is 332 g/mol. The largest absolute Gasteiger partial charge is 0.378 e. The van der Waals surface area contributed by atoms with E-state index in [2.05, 4.69) is 4.72 Å². The molecular weight excluding hydrogens is 312 g/mol. The molecule has 1 N–H and O–H groups in total. The minimum absolute atomic E-state index is 0.130. The molecule has 0 unspecified atom stereocenters. The van der Waals surface area contributed by atoms with Crippen LogP contribution in [0.15, 0.2) is 21.7 Å².